The Labute approximate surface area is 160 Å². The maximum atomic E-state index is 13.5. The van der Waals surface area contributed by atoms with E-state index in [2.05, 4.69) is 20.5 Å². The van der Waals surface area contributed by atoms with Gasteiger partial charge in [0.2, 0.25) is 5.95 Å². The second-order valence-electron chi connectivity index (χ2n) is 5.60. The first-order valence-corrected chi connectivity index (χ1v) is 8.43. The molecule has 0 radical (unpaired) electrons. The van der Waals surface area contributed by atoms with Crippen molar-refractivity contribution in [3.63, 3.8) is 0 Å². The number of benzene rings is 2. The highest BCUT2D eigenvalue weighted by Crippen LogP contribution is 2.20. The van der Waals surface area contributed by atoms with Crippen LogP contribution in [-0.2, 0) is 0 Å². The summed E-state index contributed by atoms with van der Waals surface area (Å²) in [4.78, 5) is 18.9. The average molecular weight is 377 g/mol. The topological polar surface area (TPSA) is 103 Å². The molecule has 1 aromatic heterocycles. The molecular formula is C20H16FN5O2. The van der Waals surface area contributed by atoms with Crippen molar-refractivity contribution < 1.29 is 9.13 Å². The predicted octanol–water partition coefficient (Wildman–Crippen LogP) is 3.29. The SMILES string of the molecule is CCOc1ccc(F)cc1C=NNc1nc(-c2ccccc2)c(C#N)c(=O)[nH]1. The first kappa shape index (κ1) is 18.8. The van der Waals surface area contributed by atoms with E-state index in [1.54, 1.807) is 24.3 Å². The Bertz CT molecular complexity index is 1100. The zero-order chi connectivity index (χ0) is 19.9. The van der Waals surface area contributed by atoms with Crippen LogP contribution in [-0.4, -0.2) is 22.8 Å². The maximum Gasteiger partial charge on any atom is 0.270 e. The minimum absolute atomic E-state index is 0.0495. The van der Waals surface area contributed by atoms with Gasteiger partial charge < -0.3 is 4.74 Å². The van der Waals surface area contributed by atoms with E-state index in [1.807, 2.05) is 19.1 Å². The molecule has 0 atom stereocenters. The van der Waals surface area contributed by atoms with E-state index in [9.17, 15) is 14.4 Å². The van der Waals surface area contributed by atoms with E-state index in [-0.39, 0.29) is 17.2 Å². The number of anilines is 1. The largest absolute Gasteiger partial charge is 0.493 e. The van der Waals surface area contributed by atoms with Crippen molar-refractivity contribution in [1.29, 1.82) is 5.26 Å². The first-order chi connectivity index (χ1) is 13.6. The predicted molar refractivity (Wildman–Crippen MR) is 104 cm³/mol. The highest BCUT2D eigenvalue weighted by molar-refractivity contribution is 5.84. The molecule has 1 heterocycles. The van der Waals surface area contributed by atoms with Gasteiger partial charge in [-0.2, -0.15) is 10.4 Å². The summed E-state index contributed by atoms with van der Waals surface area (Å²) in [5.74, 6) is 0.0929. The fourth-order valence-corrected chi connectivity index (χ4v) is 2.50. The molecule has 3 rings (SSSR count). The molecule has 0 saturated carbocycles. The smallest absolute Gasteiger partial charge is 0.270 e. The summed E-state index contributed by atoms with van der Waals surface area (Å²) in [6.07, 6.45) is 1.36. The van der Waals surface area contributed by atoms with Gasteiger partial charge in [-0.05, 0) is 25.1 Å². The van der Waals surface area contributed by atoms with Crippen LogP contribution in [0, 0.1) is 17.1 Å². The number of aromatic amines is 1. The lowest BCUT2D eigenvalue weighted by molar-refractivity contribution is 0.339. The number of hydrazone groups is 1. The Balaban J connectivity index is 1.91. The monoisotopic (exact) mass is 377 g/mol. The van der Waals surface area contributed by atoms with Crippen LogP contribution in [0.4, 0.5) is 10.3 Å². The zero-order valence-electron chi connectivity index (χ0n) is 14.9. The second-order valence-corrected chi connectivity index (χ2v) is 5.60. The molecule has 28 heavy (non-hydrogen) atoms. The molecule has 140 valence electrons. The summed E-state index contributed by atoms with van der Waals surface area (Å²) in [5.41, 5.74) is 3.21. The molecule has 0 aliphatic heterocycles. The van der Waals surface area contributed by atoms with Crippen molar-refractivity contribution in [1.82, 2.24) is 9.97 Å². The molecule has 0 spiro atoms. The molecular weight excluding hydrogens is 361 g/mol. The number of halogens is 1. The number of ether oxygens (including phenoxy) is 1. The Hall–Kier alpha value is -3.99. The number of hydrogen-bond donors (Lipinski definition) is 2. The van der Waals surface area contributed by atoms with Gasteiger partial charge in [-0.25, -0.2) is 14.8 Å². The number of hydrogen-bond acceptors (Lipinski definition) is 6. The van der Waals surface area contributed by atoms with E-state index in [0.29, 0.717) is 23.5 Å². The van der Waals surface area contributed by atoms with Crippen LogP contribution in [0.3, 0.4) is 0 Å². The summed E-state index contributed by atoms with van der Waals surface area (Å²) >= 11 is 0. The molecule has 3 aromatic rings. The molecule has 0 saturated heterocycles. The van der Waals surface area contributed by atoms with Crippen molar-refractivity contribution in [2.45, 2.75) is 6.92 Å². The molecule has 2 N–H and O–H groups in total. The van der Waals surface area contributed by atoms with Crippen LogP contribution in [0.25, 0.3) is 11.3 Å². The minimum Gasteiger partial charge on any atom is -0.493 e. The fourth-order valence-electron chi connectivity index (χ4n) is 2.50. The van der Waals surface area contributed by atoms with Crippen LogP contribution in [0.5, 0.6) is 5.75 Å². The van der Waals surface area contributed by atoms with Crippen LogP contribution >= 0.6 is 0 Å². The molecule has 8 heteroatoms. The van der Waals surface area contributed by atoms with E-state index in [1.165, 1.54) is 24.4 Å². The van der Waals surface area contributed by atoms with E-state index in [0.717, 1.165) is 0 Å². The third-order valence-corrected chi connectivity index (χ3v) is 3.72. The molecule has 0 unspecified atom stereocenters. The highest BCUT2D eigenvalue weighted by Gasteiger charge is 2.13. The van der Waals surface area contributed by atoms with Gasteiger partial charge in [0.05, 0.1) is 18.5 Å². The van der Waals surface area contributed by atoms with E-state index >= 15 is 0 Å². The van der Waals surface area contributed by atoms with Crippen LogP contribution in [0.15, 0.2) is 58.4 Å². The zero-order valence-corrected chi connectivity index (χ0v) is 14.9. The summed E-state index contributed by atoms with van der Waals surface area (Å²) in [7, 11) is 0. The number of aromatic nitrogens is 2. The maximum absolute atomic E-state index is 13.5. The number of rotatable bonds is 6. The van der Waals surface area contributed by atoms with Gasteiger partial charge >= 0.3 is 0 Å². The van der Waals surface area contributed by atoms with Crippen molar-refractivity contribution >= 4 is 12.2 Å². The quantitative estimate of drug-likeness (QED) is 0.507. The molecule has 0 amide bonds. The molecule has 0 fully saturated rings. The fraction of sp³-hybridized carbons (Fsp3) is 0.100. The molecule has 0 bridgehead atoms. The van der Waals surface area contributed by atoms with E-state index in [4.69, 9.17) is 4.74 Å². The van der Waals surface area contributed by atoms with Crippen LogP contribution in [0.2, 0.25) is 0 Å². The molecule has 0 aliphatic rings. The Morgan fingerprint density at radius 2 is 2.11 bits per heavy atom. The third kappa shape index (κ3) is 4.22. The van der Waals surface area contributed by atoms with Gasteiger partial charge in [0.25, 0.3) is 5.56 Å². The second kappa shape index (κ2) is 8.60. The van der Waals surface area contributed by atoms with Crippen molar-refractivity contribution in [2.24, 2.45) is 5.10 Å². The number of nitriles is 1. The van der Waals surface area contributed by atoms with Crippen LogP contribution in [0.1, 0.15) is 18.1 Å². The van der Waals surface area contributed by atoms with Gasteiger partial charge in [0.15, 0.2) is 0 Å². The molecule has 7 nitrogen and oxygen atoms in total. The standard InChI is InChI=1S/C20H16FN5O2/c1-2-28-17-9-8-15(21)10-14(17)12-23-26-20-24-18(13-6-4-3-5-7-13)16(11-22)19(27)25-20/h3-10,12H,2H2,1H3,(H2,24,25,26,27). The van der Waals surface area contributed by atoms with Gasteiger partial charge in [0, 0.05) is 11.1 Å². The first-order valence-electron chi connectivity index (χ1n) is 8.43. The van der Waals surface area contributed by atoms with Crippen molar-refractivity contribution in [3.8, 4) is 23.1 Å². The lowest BCUT2D eigenvalue weighted by atomic mass is 10.1. The summed E-state index contributed by atoms with van der Waals surface area (Å²) in [6.45, 7) is 2.24. The van der Waals surface area contributed by atoms with Crippen molar-refractivity contribution in [2.75, 3.05) is 12.0 Å². The minimum atomic E-state index is -0.588. The van der Waals surface area contributed by atoms with Gasteiger partial charge in [-0.3, -0.25) is 9.78 Å². The van der Waals surface area contributed by atoms with Crippen molar-refractivity contribution in [3.05, 3.63) is 75.8 Å². The highest BCUT2D eigenvalue weighted by atomic mass is 19.1. The number of H-pyrrole nitrogens is 1. The lowest BCUT2D eigenvalue weighted by Gasteiger charge is -2.07. The third-order valence-electron chi connectivity index (χ3n) is 3.72. The van der Waals surface area contributed by atoms with E-state index < -0.39 is 11.4 Å². The van der Waals surface area contributed by atoms with Gasteiger partial charge in [-0.15, -0.1) is 0 Å². The Morgan fingerprint density at radius 1 is 1.32 bits per heavy atom. The van der Waals surface area contributed by atoms with Crippen LogP contribution < -0.4 is 15.7 Å². The Morgan fingerprint density at radius 3 is 2.82 bits per heavy atom. The van der Waals surface area contributed by atoms with Gasteiger partial charge in [-0.1, -0.05) is 30.3 Å². The average Bonchev–Trinajstić information content (AvgIpc) is 2.70. The lowest BCUT2D eigenvalue weighted by Crippen LogP contribution is -2.16. The Kier molecular flexibility index (Phi) is 5.77. The van der Waals surface area contributed by atoms with Gasteiger partial charge in [0.1, 0.15) is 23.2 Å². The normalized spacial score (nSPS) is 10.6. The number of nitrogens with one attached hydrogen (secondary N) is 2. The molecule has 2 aromatic carbocycles. The molecule has 0 aliphatic carbocycles. The summed E-state index contributed by atoms with van der Waals surface area (Å²) < 4.78 is 18.9. The summed E-state index contributed by atoms with van der Waals surface area (Å²) in [5, 5.41) is 13.3. The number of nitrogens with zero attached hydrogens (tertiary/aromatic N) is 3. The summed E-state index contributed by atoms with van der Waals surface area (Å²) in [6, 6.07) is 14.8.